The van der Waals surface area contributed by atoms with E-state index in [-0.39, 0.29) is 17.6 Å². The van der Waals surface area contributed by atoms with E-state index in [4.69, 9.17) is 18.9 Å². The molecular weight excluding hydrogens is 450 g/mol. The highest BCUT2D eigenvalue weighted by atomic mass is 16.5. The predicted octanol–water partition coefficient (Wildman–Crippen LogP) is 1.35. The van der Waals surface area contributed by atoms with Gasteiger partial charge in [-0.2, -0.15) is 0 Å². The zero-order valence-electron chi connectivity index (χ0n) is 21.8. The number of aliphatic hydroxyl groups is 1. The molecule has 9 heteroatoms. The molecule has 2 atom stereocenters. The molecule has 2 fully saturated rings. The van der Waals surface area contributed by atoms with Crippen LogP contribution >= 0.6 is 0 Å². The Bertz CT molecular complexity index is 781. The molecule has 0 aromatic heterocycles. The molecule has 198 valence electrons. The Labute approximate surface area is 209 Å². The Morgan fingerprint density at radius 1 is 1.20 bits per heavy atom. The third kappa shape index (κ3) is 9.67. The van der Waals surface area contributed by atoms with Gasteiger partial charge in [0.05, 0.1) is 51.3 Å². The first-order chi connectivity index (χ1) is 16.7. The highest BCUT2D eigenvalue weighted by molar-refractivity contribution is 5.94. The van der Waals surface area contributed by atoms with Crippen LogP contribution in [0.5, 0.6) is 5.75 Å². The number of hydrogen-bond acceptors (Lipinski definition) is 8. The number of carbonyl (C=O) groups is 1. The number of nitrogens with zero attached hydrogens (tertiary/aromatic N) is 3. The number of ether oxygens (including phenoxy) is 4. The summed E-state index contributed by atoms with van der Waals surface area (Å²) in [6.45, 7) is 13.8. The normalized spacial score (nSPS) is 21.0. The van der Waals surface area contributed by atoms with Gasteiger partial charge in [0, 0.05) is 57.9 Å². The van der Waals surface area contributed by atoms with Crippen molar-refractivity contribution in [3.05, 3.63) is 29.8 Å². The van der Waals surface area contributed by atoms with Gasteiger partial charge < -0.3 is 29.0 Å². The van der Waals surface area contributed by atoms with Crippen LogP contribution in [0.2, 0.25) is 0 Å². The fourth-order valence-corrected chi connectivity index (χ4v) is 4.30. The quantitative estimate of drug-likeness (QED) is 0.495. The van der Waals surface area contributed by atoms with Gasteiger partial charge in [-0.15, -0.1) is 0 Å². The molecule has 0 aliphatic carbocycles. The summed E-state index contributed by atoms with van der Waals surface area (Å²) in [7, 11) is 1.60. The summed E-state index contributed by atoms with van der Waals surface area (Å²) >= 11 is 0. The zero-order chi connectivity index (χ0) is 25.3. The van der Waals surface area contributed by atoms with E-state index in [0.717, 1.165) is 39.4 Å². The number of amides is 1. The summed E-state index contributed by atoms with van der Waals surface area (Å²) < 4.78 is 22.6. The molecule has 1 N–H and O–H groups in total. The number of methoxy groups -OCH3 is 1. The van der Waals surface area contributed by atoms with Crippen molar-refractivity contribution >= 4 is 5.91 Å². The van der Waals surface area contributed by atoms with Crippen molar-refractivity contribution in [3.63, 3.8) is 0 Å². The predicted molar refractivity (Wildman–Crippen MR) is 134 cm³/mol. The molecule has 9 nitrogen and oxygen atoms in total. The van der Waals surface area contributed by atoms with Gasteiger partial charge in [-0.1, -0.05) is 6.07 Å². The molecule has 0 radical (unpaired) electrons. The first-order valence-corrected chi connectivity index (χ1v) is 12.6. The second kappa shape index (κ2) is 13.5. The van der Waals surface area contributed by atoms with E-state index in [0.29, 0.717) is 50.7 Å². The van der Waals surface area contributed by atoms with Gasteiger partial charge in [-0.3, -0.25) is 14.6 Å². The molecule has 0 saturated carbocycles. The minimum absolute atomic E-state index is 0.0310. The van der Waals surface area contributed by atoms with Crippen LogP contribution in [-0.4, -0.2) is 129 Å². The van der Waals surface area contributed by atoms with Crippen molar-refractivity contribution in [2.24, 2.45) is 0 Å². The Morgan fingerprint density at radius 2 is 1.94 bits per heavy atom. The first-order valence-electron chi connectivity index (χ1n) is 12.6. The molecule has 1 aromatic rings. The Balaban J connectivity index is 1.61. The number of rotatable bonds is 11. The first kappa shape index (κ1) is 27.8. The van der Waals surface area contributed by atoms with Crippen LogP contribution < -0.4 is 4.74 Å². The van der Waals surface area contributed by atoms with Crippen molar-refractivity contribution in [1.29, 1.82) is 0 Å². The van der Waals surface area contributed by atoms with Crippen molar-refractivity contribution in [1.82, 2.24) is 14.7 Å². The van der Waals surface area contributed by atoms with E-state index in [1.54, 1.807) is 13.2 Å². The van der Waals surface area contributed by atoms with E-state index >= 15 is 0 Å². The summed E-state index contributed by atoms with van der Waals surface area (Å²) in [5.74, 6) is 0.632. The molecule has 3 rings (SSSR count). The largest absolute Gasteiger partial charge is 0.497 e. The van der Waals surface area contributed by atoms with Crippen LogP contribution in [0.4, 0.5) is 0 Å². The lowest BCUT2D eigenvalue weighted by molar-refractivity contribution is -0.0783. The SMILES string of the molecule is COc1cccc(C(=O)N(CCN2CCOCC2)C[C@H]2CN(C[C@H](O)COC(C)(C)C)CCO2)c1. The standard InChI is InChI=1S/C26H43N3O6/c1-26(2,3)35-20-22(30)17-28-12-15-34-24(18-28)19-29(9-8-27-10-13-33-14-11-27)25(31)21-6-5-7-23(16-21)32-4/h5-7,16,22,24,30H,8-15,17-20H2,1-4H3/t22-,24+/m0/s1. The van der Waals surface area contributed by atoms with Crippen LogP contribution in [0, 0.1) is 0 Å². The van der Waals surface area contributed by atoms with Crippen LogP contribution in [0.15, 0.2) is 24.3 Å². The molecule has 2 aliphatic heterocycles. The Morgan fingerprint density at radius 3 is 2.66 bits per heavy atom. The monoisotopic (exact) mass is 493 g/mol. The minimum Gasteiger partial charge on any atom is -0.497 e. The van der Waals surface area contributed by atoms with Gasteiger partial charge in [-0.25, -0.2) is 0 Å². The summed E-state index contributed by atoms with van der Waals surface area (Å²) in [6.07, 6.45) is -0.692. The summed E-state index contributed by atoms with van der Waals surface area (Å²) in [5.41, 5.74) is 0.324. The van der Waals surface area contributed by atoms with Crippen molar-refractivity contribution in [3.8, 4) is 5.75 Å². The number of β-amino-alcohol motifs (C(OH)–C–C–N with tert-alkyl or cyclic N) is 1. The summed E-state index contributed by atoms with van der Waals surface area (Å²) in [4.78, 5) is 19.9. The fraction of sp³-hybridized carbons (Fsp3) is 0.731. The molecule has 35 heavy (non-hydrogen) atoms. The smallest absolute Gasteiger partial charge is 0.254 e. The number of benzene rings is 1. The van der Waals surface area contributed by atoms with Crippen molar-refractivity contribution in [2.75, 3.05) is 85.9 Å². The van der Waals surface area contributed by atoms with E-state index in [1.807, 2.05) is 43.9 Å². The van der Waals surface area contributed by atoms with E-state index in [9.17, 15) is 9.90 Å². The Kier molecular flexibility index (Phi) is 10.8. The number of aliphatic hydroxyl groups excluding tert-OH is 1. The highest BCUT2D eigenvalue weighted by Crippen LogP contribution is 2.17. The second-order valence-electron chi connectivity index (χ2n) is 10.3. The van der Waals surface area contributed by atoms with Crippen LogP contribution in [-0.2, 0) is 14.2 Å². The van der Waals surface area contributed by atoms with Crippen LogP contribution in [0.25, 0.3) is 0 Å². The molecule has 0 unspecified atom stereocenters. The molecule has 1 aromatic carbocycles. The van der Waals surface area contributed by atoms with E-state index < -0.39 is 6.10 Å². The third-order valence-electron chi connectivity index (χ3n) is 6.22. The number of carbonyl (C=O) groups excluding carboxylic acids is 1. The molecule has 0 bridgehead atoms. The lowest BCUT2D eigenvalue weighted by Crippen LogP contribution is -2.52. The average Bonchev–Trinajstić information content (AvgIpc) is 2.85. The lowest BCUT2D eigenvalue weighted by atomic mass is 10.1. The fourth-order valence-electron chi connectivity index (χ4n) is 4.30. The molecule has 2 saturated heterocycles. The van der Waals surface area contributed by atoms with Gasteiger partial charge in [0.1, 0.15) is 5.75 Å². The molecule has 1 amide bonds. The molecule has 0 spiro atoms. The maximum absolute atomic E-state index is 13.5. The van der Waals surface area contributed by atoms with Gasteiger partial charge in [0.15, 0.2) is 0 Å². The van der Waals surface area contributed by atoms with Gasteiger partial charge in [0.2, 0.25) is 0 Å². The van der Waals surface area contributed by atoms with Crippen molar-refractivity contribution in [2.45, 2.75) is 38.6 Å². The molecule has 2 aliphatic rings. The second-order valence-corrected chi connectivity index (χ2v) is 10.3. The van der Waals surface area contributed by atoms with Crippen LogP contribution in [0.3, 0.4) is 0 Å². The summed E-state index contributed by atoms with van der Waals surface area (Å²) in [6, 6.07) is 7.29. The topological polar surface area (TPSA) is 83.9 Å². The number of morpholine rings is 2. The lowest BCUT2D eigenvalue weighted by Gasteiger charge is -2.37. The van der Waals surface area contributed by atoms with Gasteiger partial charge in [0.25, 0.3) is 5.91 Å². The van der Waals surface area contributed by atoms with E-state index in [1.165, 1.54) is 0 Å². The molecule has 2 heterocycles. The highest BCUT2D eigenvalue weighted by Gasteiger charge is 2.28. The minimum atomic E-state index is -0.566. The van der Waals surface area contributed by atoms with Crippen molar-refractivity contribution < 1.29 is 28.8 Å². The maximum Gasteiger partial charge on any atom is 0.254 e. The summed E-state index contributed by atoms with van der Waals surface area (Å²) in [5, 5.41) is 10.4. The van der Waals surface area contributed by atoms with E-state index in [2.05, 4.69) is 9.80 Å². The van der Waals surface area contributed by atoms with Gasteiger partial charge >= 0.3 is 0 Å². The average molecular weight is 494 g/mol. The molecular formula is C26H43N3O6. The number of hydrogen-bond donors (Lipinski definition) is 1. The zero-order valence-corrected chi connectivity index (χ0v) is 21.8. The third-order valence-corrected chi connectivity index (χ3v) is 6.22. The van der Waals surface area contributed by atoms with Gasteiger partial charge in [-0.05, 0) is 39.0 Å². The Hall–Kier alpha value is -1.75. The van der Waals surface area contributed by atoms with Crippen LogP contribution in [0.1, 0.15) is 31.1 Å². The maximum atomic E-state index is 13.5.